The van der Waals surface area contributed by atoms with Gasteiger partial charge < -0.3 is 5.32 Å². The SMILES string of the molecule is CC(C)(C)CC(=O)NC[C@@H](c1cccs1)S(=O)(=O)c1ccc(Cl)cc1. The van der Waals surface area contributed by atoms with Crippen molar-refractivity contribution in [2.24, 2.45) is 5.41 Å². The number of amides is 1. The molecule has 1 atom stereocenters. The quantitative estimate of drug-likeness (QED) is 0.779. The molecule has 25 heavy (non-hydrogen) atoms. The zero-order chi connectivity index (χ0) is 18.7. The Balaban J connectivity index is 2.25. The van der Waals surface area contributed by atoms with E-state index >= 15 is 0 Å². The minimum absolute atomic E-state index is 0.0421. The predicted octanol–water partition coefficient (Wildman–Crippen LogP) is 4.47. The summed E-state index contributed by atoms with van der Waals surface area (Å²) < 4.78 is 26.1. The van der Waals surface area contributed by atoms with Crippen LogP contribution in [0.3, 0.4) is 0 Å². The second-order valence-corrected chi connectivity index (χ2v) is 10.6. The number of sulfone groups is 1. The van der Waals surface area contributed by atoms with Crippen molar-refractivity contribution in [1.29, 1.82) is 0 Å². The van der Waals surface area contributed by atoms with Gasteiger partial charge in [0.15, 0.2) is 9.84 Å². The summed E-state index contributed by atoms with van der Waals surface area (Å²) in [7, 11) is -3.64. The molecule has 0 aliphatic rings. The number of benzene rings is 1. The number of hydrogen-bond donors (Lipinski definition) is 1. The molecule has 0 aliphatic carbocycles. The third-order valence-electron chi connectivity index (χ3n) is 3.55. The van der Waals surface area contributed by atoms with E-state index in [2.05, 4.69) is 5.32 Å². The molecule has 0 radical (unpaired) electrons. The van der Waals surface area contributed by atoms with Crippen molar-refractivity contribution < 1.29 is 13.2 Å². The van der Waals surface area contributed by atoms with Crippen LogP contribution in [0.2, 0.25) is 5.02 Å². The van der Waals surface area contributed by atoms with Crippen LogP contribution in [0.1, 0.15) is 37.3 Å². The molecule has 0 unspecified atom stereocenters. The van der Waals surface area contributed by atoms with E-state index in [9.17, 15) is 13.2 Å². The highest BCUT2D eigenvalue weighted by atomic mass is 35.5. The third kappa shape index (κ3) is 5.56. The number of carbonyl (C=O) groups is 1. The largest absolute Gasteiger partial charge is 0.354 e. The molecule has 1 heterocycles. The Kier molecular flexibility index (Phi) is 6.30. The summed E-state index contributed by atoms with van der Waals surface area (Å²) in [6, 6.07) is 9.68. The van der Waals surface area contributed by atoms with Crippen molar-refractivity contribution in [3.63, 3.8) is 0 Å². The molecule has 0 spiro atoms. The van der Waals surface area contributed by atoms with Crippen molar-refractivity contribution in [2.75, 3.05) is 6.54 Å². The molecule has 1 aromatic heterocycles. The van der Waals surface area contributed by atoms with Crippen LogP contribution in [-0.2, 0) is 14.6 Å². The van der Waals surface area contributed by atoms with Gasteiger partial charge in [0.2, 0.25) is 5.91 Å². The monoisotopic (exact) mass is 399 g/mol. The van der Waals surface area contributed by atoms with Crippen molar-refractivity contribution >= 4 is 38.7 Å². The van der Waals surface area contributed by atoms with E-state index < -0.39 is 15.1 Å². The van der Waals surface area contributed by atoms with Crippen LogP contribution in [-0.4, -0.2) is 20.9 Å². The van der Waals surface area contributed by atoms with E-state index in [4.69, 9.17) is 11.6 Å². The fourth-order valence-electron chi connectivity index (χ4n) is 2.38. The number of halogens is 1. The van der Waals surface area contributed by atoms with E-state index in [1.54, 1.807) is 24.3 Å². The first-order valence-electron chi connectivity index (χ1n) is 7.89. The summed E-state index contributed by atoms with van der Waals surface area (Å²) in [6.07, 6.45) is 0.338. The van der Waals surface area contributed by atoms with E-state index in [1.165, 1.54) is 23.5 Å². The first kappa shape index (κ1) is 19.9. The molecule has 1 N–H and O–H groups in total. The van der Waals surface area contributed by atoms with Crippen LogP contribution in [0.4, 0.5) is 0 Å². The smallest absolute Gasteiger partial charge is 0.220 e. The molecular formula is C18H22ClNO3S2. The van der Waals surface area contributed by atoms with Crippen molar-refractivity contribution in [3.8, 4) is 0 Å². The van der Waals surface area contributed by atoms with Gasteiger partial charge in [0.05, 0.1) is 4.90 Å². The molecule has 0 fully saturated rings. The summed E-state index contributed by atoms with van der Waals surface area (Å²) in [6.45, 7) is 5.94. The van der Waals surface area contributed by atoms with Gasteiger partial charge in [-0.25, -0.2) is 8.42 Å². The minimum atomic E-state index is -3.64. The predicted molar refractivity (Wildman–Crippen MR) is 103 cm³/mol. The van der Waals surface area contributed by atoms with Gasteiger partial charge in [-0.2, -0.15) is 0 Å². The fourth-order valence-corrected chi connectivity index (χ4v) is 5.29. The fraction of sp³-hybridized carbons (Fsp3) is 0.389. The topological polar surface area (TPSA) is 63.2 Å². The Morgan fingerprint density at radius 3 is 2.36 bits per heavy atom. The van der Waals surface area contributed by atoms with Crippen LogP contribution in [0, 0.1) is 5.41 Å². The van der Waals surface area contributed by atoms with Gasteiger partial charge in [0, 0.05) is 22.9 Å². The van der Waals surface area contributed by atoms with Gasteiger partial charge in [-0.15, -0.1) is 11.3 Å². The zero-order valence-corrected chi connectivity index (χ0v) is 16.8. The molecule has 0 aliphatic heterocycles. The molecule has 0 bridgehead atoms. The summed E-state index contributed by atoms with van der Waals surface area (Å²) >= 11 is 7.22. The van der Waals surface area contributed by atoms with Crippen LogP contribution < -0.4 is 5.32 Å². The maximum absolute atomic E-state index is 13.1. The lowest BCUT2D eigenvalue weighted by atomic mass is 9.92. The number of hydrogen-bond acceptors (Lipinski definition) is 4. The highest BCUT2D eigenvalue weighted by Gasteiger charge is 2.30. The van der Waals surface area contributed by atoms with Crippen LogP contribution >= 0.6 is 22.9 Å². The van der Waals surface area contributed by atoms with Gasteiger partial charge in [0.25, 0.3) is 0 Å². The maximum atomic E-state index is 13.1. The van der Waals surface area contributed by atoms with Gasteiger partial charge in [-0.05, 0) is 41.1 Å². The Morgan fingerprint density at radius 1 is 1.20 bits per heavy atom. The summed E-state index contributed by atoms with van der Waals surface area (Å²) in [4.78, 5) is 13.0. The molecular weight excluding hydrogens is 378 g/mol. The highest BCUT2D eigenvalue weighted by Crippen LogP contribution is 2.32. The number of carbonyl (C=O) groups excluding carboxylic acids is 1. The number of nitrogens with one attached hydrogen (secondary N) is 1. The molecule has 7 heteroatoms. The lowest BCUT2D eigenvalue weighted by molar-refractivity contribution is -0.122. The molecule has 2 aromatic rings. The highest BCUT2D eigenvalue weighted by molar-refractivity contribution is 7.91. The van der Waals surface area contributed by atoms with Gasteiger partial charge in [-0.3, -0.25) is 4.79 Å². The summed E-state index contributed by atoms with van der Waals surface area (Å²) in [5, 5.41) is 4.26. The second-order valence-electron chi connectivity index (χ2n) is 7.04. The van der Waals surface area contributed by atoms with Crippen LogP contribution in [0.15, 0.2) is 46.7 Å². The maximum Gasteiger partial charge on any atom is 0.220 e. The van der Waals surface area contributed by atoms with E-state index in [0.29, 0.717) is 16.3 Å². The van der Waals surface area contributed by atoms with E-state index in [0.717, 1.165) is 0 Å². The number of thiophene rings is 1. The molecule has 4 nitrogen and oxygen atoms in total. The first-order chi connectivity index (χ1) is 11.6. The average molecular weight is 400 g/mol. The van der Waals surface area contributed by atoms with Gasteiger partial charge in [-0.1, -0.05) is 38.4 Å². The first-order valence-corrected chi connectivity index (χ1v) is 10.7. The Bertz CT molecular complexity index is 807. The normalized spacial score (nSPS) is 13.4. The van der Waals surface area contributed by atoms with Crippen molar-refractivity contribution in [2.45, 2.75) is 37.3 Å². The third-order valence-corrected chi connectivity index (χ3v) is 7.04. The van der Waals surface area contributed by atoms with Crippen molar-refractivity contribution in [1.82, 2.24) is 5.32 Å². The van der Waals surface area contributed by atoms with Crippen molar-refractivity contribution in [3.05, 3.63) is 51.7 Å². The molecule has 0 saturated carbocycles. The molecule has 1 amide bonds. The average Bonchev–Trinajstić information content (AvgIpc) is 2.99. The lowest BCUT2D eigenvalue weighted by Crippen LogP contribution is -2.33. The summed E-state index contributed by atoms with van der Waals surface area (Å²) in [5.74, 6) is -0.152. The molecule has 2 rings (SSSR count). The molecule has 0 saturated heterocycles. The van der Waals surface area contributed by atoms with Crippen LogP contribution in [0.5, 0.6) is 0 Å². The van der Waals surface area contributed by atoms with Gasteiger partial charge >= 0.3 is 0 Å². The minimum Gasteiger partial charge on any atom is -0.354 e. The van der Waals surface area contributed by atoms with Crippen LogP contribution in [0.25, 0.3) is 0 Å². The number of rotatable bonds is 6. The lowest BCUT2D eigenvalue weighted by Gasteiger charge is -2.20. The Hall–Kier alpha value is -1.37. The Labute approximate surface area is 158 Å². The standard InChI is InChI=1S/C18H22ClNO3S2/c1-18(2,3)11-17(21)20-12-16(15-5-4-10-24-15)25(22,23)14-8-6-13(19)7-9-14/h4-10,16H,11-12H2,1-3H3,(H,20,21)/t16-/m0/s1. The Morgan fingerprint density at radius 2 is 1.84 bits per heavy atom. The van der Waals surface area contributed by atoms with Gasteiger partial charge in [0.1, 0.15) is 5.25 Å². The van der Waals surface area contributed by atoms with E-state index in [-0.39, 0.29) is 22.8 Å². The molecule has 1 aromatic carbocycles. The zero-order valence-electron chi connectivity index (χ0n) is 14.5. The molecule has 136 valence electrons. The summed E-state index contributed by atoms with van der Waals surface area (Å²) in [5.41, 5.74) is -0.155. The second kappa shape index (κ2) is 7.89. The van der Waals surface area contributed by atoms with E-state index in [1.807, 2.05) is 26.2 Å².